The fourth-order valence-electron chi connectivity index (χ4n) is 2.03. The minimum absolute atomic E-state index is 0.00130. The van der Waals surface area contributed by atoms with Crippen molar-refractivity contribution in [1.29, 1.82) is 0 Å². The Balaban J connectivity index is 2.08. The Bertz CT molecular complexity index is 282. The van der Waals surface area contributed by atoms with Crippen molar-refractivity contribution in [1.82, 2.24) is 5.32 Å². The van der Waals surface area contributed by atoms with Crippen molar-refractivity contribution in [2.45, 2.75) is 32.2 Å². The second-order valence-corrected chi connectivity index (χ2v) is 4.36. The van der Waals surface area contributed by atoms with Gasteiger partial charge < -0.3 is 19.9 Å². The third kappa shape index (κ3) is 5.46. The van der Waals surface area contributed by atoms with Crippen LogP contribution in [0, 0.1) is 5.92 Å². The van der Waals surface area contributed by atoms with Crippen molar-refractivity contribution < 1.29 is 24.2 Å². The average Bonchev–Trinajstić information content (AvgIpc) is 2.77. The number of carboxylic acids is 1. The highest BCUT2D eigenvalue weighted by molar-refractivity contribution is 5.78. The molecular weight excluding hydrogens is 238 g/mol. The van der Waals surface area contributed by atoms with Crippen LogP contribution in [0.5, 0.6) is 0 Å². The summed E-state index contributed by atoms with van der Waals surface area (Å²) in [7, 11) is 0. The van der Waals surface area contributed by atoms with Gasteiger partial charge in [-0.25, -0.2) is 0 Å². The smallest absolute Gasteiger partial charge is 0.306 e. The maximum atomic E-state index is 11.5. The predicted molar refractivity (Wildman–Crippen MR) is 64.2 cm³/mol. The Morgan fingerprint density at radius 3 is 2.61 bits per heavy atom. The molecule has 6 nitrogen and oxygen atoms in total. The molecule has 1 fully saturated rings. The Labute approximate surface area is 107 Å². The lowest BCUT2D eigenvalue weighted by Crippen LogP contribution is -2.36. The lowest BCUT2D eigenvalue weighted by molar-refractivity contribution is -0.141. The van der Waals surface area contributed by atoms with Crippen LogP contribution in [0.15, 0.2) is 0 Å². The highest BCUT2D eigenvalue weighted by atomic mass is 16.5. The first-order chi connectivity index (χ1) is 8.63. The number of hydrogen-bond donors (Lipinski definition) is 2. The van der Waals surface area contributed by atoms with Crippen LogP contribution >= 0.6 is 0 Å². The van der Waals surface area contributed by atoms with Crippen molar-refractivity contribution in [3.63, 3.8) is 0 Å². The van der Waals surface area contributed by atoms with E-state index >= 15 is 0 Å². The molecule has 0 aromatic carbocycles. The minimum atomic E-state index is -0.778. The molecule has 0 radical (unpaired) electrons. The van der Waals surface area contributed by atoms with Gasteiger partial charge in [0.1, 0.15) is 6.61 Å². The Morgan fingerprint density at radius 1 is 1.28 bits per heavy atom. The van der Waals surface area contributed by atoms with E-state index < -0.39 is 5.97 Å². The summed E-state index contributed by atoms with van der Waals surface area (Å²) in [6, 6.07) is -0.0332. The molecule has 6 heteroatoms. The third-order valence-corrected chi connectivity index (χ3v) is 2.96. The fourth-order valence-corrected chi connectivity index (χ4v) is 2.03. The highest BCUT2D eigenvalue weighted by Gasteiger charge is 2.30. The SMILES string of the molecule is CCOCCOCC(=O)N[C@H]1CC[C@@H](C(=O)O)C1. The number of ether oxygens (including phenoxy) is 2. The van der Waals surface area contributed by atoms with Crippen molar-refractivity contribution in [3.05, 3.63) is 0 Å². The molecule has 1 aliphatic rings. The van der Waals surface area contributed by atoms with Crippen molar-refractivity contribution in [2.75, 3.05) is 26.4 Å². The zero-order valence-electron chi connectivity index (χ0n) is 10.7. The molecule has 0 spiro atoms. The fraction of sp³-hybridized carbons (Fsp3) is 0.833. The van der Waals surface area contributed by atoms with Crippen LogP contribution in [-0.4, -0.2) is 49.5 Å². The molecule has 1 rings (SSSR count). The predicted octanol–water partition coefficient (Wildman–Crippen LogP) is 0.409. The van der Waals surface area contributed by atoms with Crippen molar-refractivity contribution >= 4 is 11.9 Å². The van der Waals surface area contributed by atoms with Gasteiger partial charge in [-0.3, -0.25) is 9.59 Å². The van der Waals surface area contributed by atoms with Gasteiger partial charge in [0, 0.05) is 12.6 Å². The molecule has 1 amide bonds. The second kappa shape index (κ2) is 8.05. The molecule has 0 heterocycles. The minimum Gasteiger partial charge on any atom is -0.481 e. The normalized spacial score (nSPS) is 22.9. The molecule has 0 saturated heterocycles. The molecule has 104 valence electrons. The maximum absolute atomic E-state index is 11.5. The lowest BCUT2D eigenvalue weighted by atomic mass is 10.1. The third-order valence-electron chi connectivity index (χ3n) is 2.96. The zero-order chi connectivity index (χ0) is 13.4. The van der Waals surface area contributed by atoms with Gasteiger partial charge in [-0.1, -0.05) is 0 Å². The summed E-state index contributed by atoms with van der Waals surface area (Å²) in [6.45, 7) is 3.40. The first-order valence-electron chi connectivity index (χ1n) is 6.31. The molecule has 1 aliphatic carbocycles. The van der Waals surface area contributed by atoms with Gasteiger partial charge in [-0.05, 0) is 26.2 Å². The maximum Gasteiger partial charge on any atom is 0.306 e. The van der Waals surface area contributed by atoms with E-state index in [1.54, 1.807) is 0 Å². The number of carboxylic acid groups (broad SMARTS) is 1. The standard InChI is InChI=1S/C12H21NO5/c1-2-17-5-6-18-8-11(14)13-10-4-3-9(7-10)12(15)16/h9-10H,2-8H2,1H3,(H,13,14)(H,15,16)/t9-,10+/m1/s1. The monoisotopic (exact) mass is 259 g/mol. The van der Waals surface area contributed by atoms with Gasteiger partial charge in [0.25, 0.3) is 0 Å². The van der Waals surface area contributed by atoms with Crippen LogP contribution in [0.1, 0.15) is 26.2 Å². The Kier molecular flexibility index (Phi) is 6.67. The van der Waals surface area contributed by atoms with Gasteiger partial charge in [0.2, 0.25) is 5.91 Å². The second-order valence-electron chi connectivity index (χ2n) is 4.36. The van der Waals surface area contributed by atoms with E-state index in [-0.39, 0.29) is 24.5 Å². The summed E-state index contributed by atoms with van der Waals surface area (Å²) in [6.07, 6.45) is 1.87. The topological polar surface area (TPSA) is 84.9 Å². The zero-order valence-corrected chi connectivity index (χ0v) is 10.7. The molecule has 1 saturated carbocycles. The first kappa shape index (κ1) is 14.9. The van der Waals surface area contributed by atoms with Crippen LogP contribution in [-0.2, 0) is 19.1 Å². The van der Waals surface area contributed by atoms with E-state index in [2.05, 4.69) is 5.32 Å². The van der Waals surface area contributed by atoms with E-state index in [9.17, 15) is 9.59 Å². The van der Waals surface area contributed by atoms with Crippen LogP contribution in [0.4, 0.5) is 0 Å². The Morgan fingerprint density at radius 2 is 2.00 bits per heavy atom. The molecule has 18 heavy (non-hydrogen) atoms. The van der Waals surface area contributed by atoms with E-state index in [1.165, 1.54) is 0 Å². The van der Waals surface area contributed by atoms with E-state index in [0.29, 0.717) is 32.7 Å². The van der Waals surface area contributed by atoms with E-state index in [4.69, 9.17) is 14.6 Å². The number of carbonyl (C=O) groups is 2. The highest BCUT2D eigenvalue weighted by Crippen LogP contribution is 2.25. The van der Waals surface area contributed by atoms with Gasteiger partial charge in [-0.15, -0.1) is 0 Å². The van der Waals surface area contributed by atoms with Gasteiger partial charge in [0.05, 0.1) is 19.1 Å². The number of amides is 1. The molecule has 0 aliphatic heterocycles. The number of nitrogens with one attached hydrogen (secondary N) is 1. The molecule has 0 unspecified atom stereocenters. The largest absolute Gasteiger partial charge is 0.481 e. The molecular formula is C12H21NO5. The summed E-state index contributed by atoms with van der Waals surface area (Å²) in [5.41, 5.74) is 0. The molecule has 0 bridgehead atoms. The van der Waals surface area contributed by atoms with Crippen LogP contribution in [0.2, 0.25) is 0 Å². The number of rotatable bonds is 8. The Hall–Kier alpha value is -1.14. The summed E-state index contributed by atoms with van der Waals surface area (Å²) in [5, 5.41) is 11.6. The van der Waals surface area contributed by atoms with E-state index in [1.807, 2.05) is 6.92 Å². The van der Waals surface area contributed by atoms with Crippen molar-refractivity contribution in [3.8, 4) is 0 Å². The summed E-state index contributed by atoms with van der Waals surface area (Å²) >= 11 is 0. The van der Waals surface area contributed by atoms with Crippen LogP contribution in [0.25, 0.3) is 0 Å². The van der Waals surface area contributed by atoms with Gasteiger partial charge in [-0.2, -0.15) is 0 Å². The summed E-state index contributed by atoms with van der Waals surface area (Å²) in [4.78, 5) is 22.2. The summed E-state index contributed by atoms with van der Waals surface area (Å²) in [5.74, 6) is -1.29. The van der Waals surface area contributed by atoms with Crippen LogP contribution < -0.4 is 5.32 Å². The lowest BCUT2D eigenvalue weighted by Gasteiger charge is -2.12. The van der Waals surface area contributed by atoms with Crippen LogP contribution in [0.3, 0.4) is 0 Å². The van der Waals surface area contributed by atoms with Gasteiger partial charge in [0.15, 0.2) is 0 Å². The number of hydrogen-bond acceptors (Lipinski definition) is 4. The van der Waals surface area contributed by atoms with E-state index in [0.717, 1.165) is 6.42 Å². The molecule has 2 atom stereocenters. The average molecular weight is 259 g/mol. The molecule has 0 aromatic rings. The molecule has 0 aromatic heterocycles. The summed E-state index contributed by atoms with van der Waals surface area (Å²) < 4.78 is 10.2. The molecule has 2 N–H and O–H groups in total. The van der Waals surface area contributed by atoms with Crippen molar-refractivity contribution in [2.24, 2.45) is 5.92 Å². The number of carbonyl (C=O) groups excluding carboxylic acids is 1. The number of aliphatic carboxylic acids is 1. The first-order valence-corrected chi connectivity index (χ1v) is 6.31. The quantitative estimate of drug-likeness (QED) is 0.617. The van der Waals surface area contributed by atoms with Gasteiger partial charge >= 0.3 is 5.97 Å².